The minimum absolute atomic E-state index is 0.110. The fourth-order valence-electron chi connectivity index (χ4n) is 1.60. The molecule has 2 rings (SSSR count). The Labute approximate surface area is 132 Å². The Hall–Kier alpha value is -1.93. The summed E-state index contributed by atoms with van der Waals surface area (Å²) in [6, 6.07) is 6.41. The summed E-state index contributed by atoms with van der Waals surface area (Å²) in [5.41, 5.74) is 0.780. The molecule has 0 bridgehead atoms. The molecule has 0 amide bonds. The van der Waals surface area contributed by atoms with Crippen molar-refractivity contribution in [3.8, 4) is 0 Å². The number of nitro groups is 1. The zero-order chi connectivity index (χ0) is 15.6. The van der Waals surface area contributed by atoms with E-state index in [1.807, 2.05) is 0 Å². The van der Waals surface area contributed by atoms with E-state index in [0.29, 0.717) is 20.0 Å². The molecule has 1 aromatic carbocycles. The molecule has 0 aliphatic heterocycles. The molecule has 6 nitrogen and oxygen atoms in total. The van der Waals surface area contributed by atoms with Crippen molar-refractivity contribution >= 4 is 39.3 Å². The fraction of sp³-hybridized carbons (Fsp3) is 0.0769. The highest BCUT2D eigenvalue weighted by Crippen LogP contribution is 2.34. The van der Waals surface area contributed by atoms with Crippen LogP contribution in [0.2, 0.25) is 0 Å². The van der Waals surface area contributed by atoms with Crippen molar-refractivity contribution in [1.82, 2.24) is 4.98 Å². The zero-order valence-electron chi connectivity index (χ0n) is 10.7. The van der Waals surface area contributed by atoms with E-state index in [4.69, 9.17) is 5.11 Å². The summed E-state index contributed by atoms with van der Waals surface area (Å²) >= 11 is 4.46. The van der Waals surface area contributed by atoms with Crippen LogP contribution < -0.4 is 0 Å². The number of rotatable bonds is 4. The Bertz CT molecular complexity index is 736. The summed E-state index contributed by atoms with van der Waals surface area (Å²) in [4.78, 5) is 25.9. The molecule has 0 aliphatic carbocycles. The van der Waals surface area contributed by atoms with Crippen LogP contribution >= 0.6 is 27.7 Å². The first-order valence-electron chi connectivity index (χ1n) is 5.70. The average Bonchev–Trinajstić information content (AvgIpc) is 2.42. The highest BCUT2D eigenvalue weighted by atomic mass is 79.9. The van der Waals surface area contributed by atoms with Gasteiger partial charge in [-0.3, -0.25) is 10.1 Å². The predicted octanol–water partition coefficient (Wildman–Crippen LogP) is 3.91. The Kier molecular flexibility index (Phi) is 4.59. The summed E-state index contributed by atoms with van der Waals surface area (Å²) in [7, 11) is 0. The second-order valence-corrected chi connectivity index (χ2v) is 6.04. The summed E-state index contributed by atoms with van der Waals surface area (Å²) in [5.74, 6) is -0.995. The largest absolute Gasteiger partial charge is 0.478 e. The number of hydrogen-bond donors (Lipinski definition) is 1. The lowest BCUT2D eigenvalue weighted by molar-refractivity contribution is -0.385. The lowest BCUT2D eigenvalue weighted by Crippen LogP contribution is -1.99. The predicted molar refractivity (Wildman–Crippen MR) is 80.9 cm³/mol. The van der Waals surface area contributed by atoms with Gasteiger partial charge in [0, 0.05) is 11.0 Å². The van der Waals surface area contributed by atoms with Gasteiger partial charge < -0.3 is 5.11 Å². The molecule has 0 unspecified atom stereocenters. The minimum atomic E-state index is -0.995. The number of carboxylic acids is 1. The summed E-state index contributed by atoms with van der Waals surface area (Å²) in [5, 5.41) is 20.3. The van der Waals surface area contributed by atoms with E-state index in [9.17, 15) is 14.9 Å². The molecule has 0 saturated heterocycles. The molecule has 108 valence electrons. The quantitative estimate of drug-likeness (QED) is 0.649. The number of carboxylic acid groups (broad SMARTS) is 1. The second kappa shape index (κ2) is 6.23. The Morgan fingerprint density at radius 1 is 1.43 bits per heavy atom. The van der Waals surface area contributed by atoms with Crippen LogP contribution in [0.1, 0.15) is 15.9 Å². The molecular weight excluding hydrogens is 360 g/mol. The number of aromatic carboxylic acids is 1. The number of nitrogens with zero attached hydrogens (tertiary/aromatic N) is 2. The van der Waals surface area contributed by atoms with Crippen LogP contribution in [0.5, 0.6) is 0 Å². The molecule has 0 saturated carbocycles. The number of aromatic nitrogens is 1. The van der Waals surface area contributed by atoms with Gasteiger partial charge in [0.15, 0.2) is 0 Å². The average molecular weight is 369 g/mol. The highest BCUT2D eigenvalue weighted by Gasteiger charge is 2.13. The van der Waals surface area contributed by atoms with Crippen molar-refractivity contribution in [3.63, 3.8) is 0 Å². The van der Waals surface area contributed by atoms with E-state index in [1.165, 1.54) is 24.0 Å². The molecular formula is C13H9BrN2O4S. The van der Waals surface area contributed by atoms with Crippen LogP contribution in [0.25, 0.3) is 0 Å². The smallest absolute Gasteiger partial charge is 0.335 e. The lowest BCUT2D eigenvalue weighted by atomic mass is 10.1. The molecule has 1 aromatic heterocycles. The topological polar surface area (TPSA) is 93.3 Å². The van der Waals surface area contributed by atoms with E-state index in [2.05, 4.69) is 20.9 Å². The van der Waals surface area contributed by atoms with Gasteiger partial charge in [0.1, 0.15) is 11.2 Å². The molecule has 1 N–H and O–H groups in total. The molecule has 0 aliphatic rings. The van der Waals surface area contributed by atoms with Crippen LogP contribution in [0.4, 0.5) is 5.69 Å². The SMILES string of the molecule is Cc1ccc(Sc2ncc([N+](=O)[O-])cc2Br)cc1C(=O)O. The molecule has 2 aromatic rings. The van der Waals surface area contributed by atoms with Crippen molar-refractivity contribution in [2.24, 2.45) is 0 Å². The van der Waals surface area contributed by atoms with Gasteiger partial charge in [-0.05, 0) is 40.5 Å². The van der Waals surface area contributed by atoms with Crippen LogP contribution in [0, 0.1) is 17.0 Å². The van der Waals surface area contributed by atoms with Gasteiger partial charge >= 0.3 is 5.97 Å². The first-order chi connectivity index (χ1) is 9.88. The molecule has 0 fully saturated rings. The highest BCUT2D eigenvalue weighted by molar-refractivity contribution is 9.10. The zero-order valence-corrected chi connectivity index (χ0v) is 13.1. The van der Waals surface area contributed by atoms with Crippen molar-refractivity contribution in [1.29, 1.82) is 0 Å². The maximum Gasteiger partial charge on any atom is 0.335 e. The van der Waals surface area contributed by atoms with E-state index in [1.54, 1.807) is 25.1 Å². The van der Waals surface area contributed by atoms with Gasteiger partial charge in [0.2, 0.25) is 0 Å². The minimum Gasteiger partial charge on any atom is -0.478 e. The third-order valence-electron chi connectivity index (χ3n) is 2.66. The van der Waals surface area contributed by atoms with Crippen LogP contribution in [0.3, 0.4) is 0 Å². The van der Waals surface area contributed by atoms with E-state index in [-0.39, 0.29) is 11.3 Å². The van der Waals surface area contributed by atoms with Gasteiger partial charge in [-0.2, -0.15) is 0 Å². The Morgan fingerprint density at radius 2 is 2.14 bits per heavy atom. The number of halogens is 1. The van der Waals surface area contributed by atoms with Crippen molar-refractivity contribution in [3.05, 3.63) is 56.2 Å². The van der Waals surface area contributed by atoms with Gasteiger partial charge in [0.05, 0.1) is 15.0 Å². The first kappa shape index (κ1) is 15.5. The molecule has 0 radical (unpaired) electrons. The monoisotopic (exact) mass is 368 g/mol. The van der Waals surface area contributed by atoms with E-state index < -0.39 is 10.9 Å². The number of benzene rings is 1. The Morgan fingerprint density at radius 3 is 2.71 bits per heavy atom. The van der Waals surface area contributed by atoms with Crippen molar-refractivity contribution < 1.29 is 14.8 Å². The molecule has 1 heterocycles. The molecule has 8 heteroatoms. The standard InChI is InChI=1S/C13H9BrN2O4S/c1-7-2-3-9(5-10(7)13(17)18)21-12-11(14)4-8(6-15-12)16(19)20/h2-6H,1H3,(H,17,18). The van der Waals surface area contributed by atoms with E-state index in [0.717, 1.165) is 0 Å². The normalized spacial score (nSPS) is 10.4. The molecule has 0 atom stereocenters. The van der Waals surface area contributed by atoms with Crippen LogP contribution in [0.15, 0.2) is 44.9 Å². The number of hydrogen-bond acceptors (Lipinski definition) is 5. The van der Waals surface area contributed by atoms with Crippen molar-refractivity contribution in [2.45, 2.75) is 16.8 Å². The third kappa shape index (κ3) is 3.59. The summed E-state index contributed by atoms with van der Waals surface area (Å²) in [6.45, 7) is 1.72. The van der Waals surface area contributed by atoms with Gasteiger partial charge in [-0.25, -0.2) is 9.78 Å². The Balaban J connectivity index is 2.32. The number of carbonyl (C=O) groups is 1. The van der Waals surface area contributed by atoms with Gasteiger partial charge in [-0.15, -0.1) is 0 Å². The van der Waals surface area contributed by atoms with Crippen LogP contribution in [-0.2, 0) is 0 Å². The lowest BCUT2D eigenvalue weighted by Gasteiger charge is -2.06. The van der Waals surface area contributed by atoms with Gasteiger partial charge in [-0.1, -0.05) is 17.8 Å². The molecule has 21 heavy (non-hydrogen) atoms. The summed E-state index contributed by atoms with van der Waals surface area (Å²) in [6.07, 6.45) is 1.17. The maximum atomic E-state index is 11.1. The maximum absolute atomic E-state index is 11.1. The van der Waals surface area contributed by atoms with Crippen LogP contribution in [-0.4, -0.2) is 21.0 Å². The number of aryl methyl sites for hydroxylation is 1. The number of pyridine rings is 1. The first-order valence-corrected chi connectivity index (χ1v) is 7.31. The van der Waals surface area contributed by atoms with E-state index >= 15 is 0 Å². The fourth-order valence-corrected chi connectivity index (χ4v) is 2.97. The third-order valence-corrected chi connectivity index (χ3v) is 4.53. The summed E-state index contributed by atoms with van der Waals surface area (Å²) < 4.78 is 0.485. The molecule has 0 spiro atoms. The second-order valence-electron chi connectivity index (χ2n) is 4.12. The van der Waals surface area contributed by atoms with Gasteiger partial charge in [0.25, 0.3) is 5.69 Å². The van der Waals surface area contributed by atoms with Crippen molar-refractivity contribution in [2.75, 3.05) is 0 Å².